The molecule has 1 aliphatic rings. The highest BCUT2D eigenvalue weighted by Crippen LogP contribution is 2.20. The molecule has 0 spiro atoms. The molecule has 1 aromatic heterocycles. The molecule has 1 N–H and O–H groups in total. The number of aromatic nitrogens is 1. The lowest BCUT2D eigenvalue weighted by atomic mass is 10.2. The Kier molecular flexibility index (Phi) is 4.55. The number of carbonyl (C=O) groups excluding carboxylic acids is 1. The van der Waals surface area contributed by atoms with Crippen LogP contribution in [0.5, 0.6) is 0 Å². The van der Waals surface area contributed by atoms with Crippen molar-refractivity contribution < 1.29 is 4.79 Å². The Morgan fingerprint density at radius 3 is 2.84 bits per heavy atom. The number of hydrogen-bond acceptors (Lipinski definition) is 3. The summed E-state index contributed by atoms with van der Waals surface area (Å²) in [5.74, 6) is 0.809. The Morgan fingerprint density at radius 1 is 1.42 bits per heavy atom. The number of pyridine rings is 1. The van der Waals surface area contributed by atoms with Crippen molar-refractivity contribution in [3.63, 3.8) is 0 Å². The molecule has 4 heteroatoms. The predicted molar refractivity (Wildman–Crippen MR) is 77.3 cm³/mol. The zero-order chi connectivity index (χ0) is 13.7. The van der Waals surface area contributed by atoms with Gasteiger partial charge in [0.15, 0.2) is 0 Å². The van der Waals surface area contributed by atoms with E-state index in [1.807, 2.05) is 12.1 Å². The molecular weight excluding hydrogens is 238 g/mol. The third-order valence-corrected chi connectivity index (χ3v) is 3.30. The fourth-order valence-corrected chi connectivity index (χ4v) is 2.20. The molecule has 1 amide bonds. The molecule has 0 radical (unpaired) electrons. The summed E-state index contributed by atoms with van der Waals surface area (Å²) in [4.78, 5) is 17.5. The van der Waals surface area contributed by atoms with Crippen molar-refractivity contribution in [1.82, 2.24) is 9.88 Å². The highest BCUT2D eigenvalue weighted by atomic mass is 16.2. The van der Waals surface area contributed by atoms with Gasteiger partial charge in [0.25, 0.3) is 5.91 Å². The quantitative estimate of drug-likeness (QED) is 0.827. The van der Waals surface area contributed by atoms with Gasteiger partial charge in [-0.2, -0.15) is 0 Å². The average Bonchev–Trinajstić information content (AvgIpc) is 2.92. The van der Waals surface area contributed by atoms with Crippen LogP contribution in [0.3, 0.4) is 0 Å². The van der Waals surface area contributed by atoms with Crippen LogP contribution in [0.1, 0.15) is 36.0 Å². The third kappa shape index (κ3) is 3.81. The van der Waals surface area contributed by atoms with E-state index in [9.17, 15) is 4.79 Å². The van der Waals surface area contributed by atoms with Gasteiger partial charge >= 0.3 is 0 Å². The fourth-order valence-electron chi connectivity index (χ4n) is 2.20. The summed E-state index contributed by atoms with van der Waals surface area (Å²) in [7, 11) is 3.48. The fraction of sp³-hybridized carbons (Fsp3) is 0.467. The van der Waals surface area contributed by atoms with Crippen molar-refractivity contribution in [2.75, 3.05) is 26.0 Å². The molecule has 0 aromatic carbocycles. The number of allylic oxidation sites excluding steroid dienone is 1. The summed E-state index contributed by atoms with van der Waals surface area (Å²) in [6.07, 6.45) is 8.82. The van der Waals surface area contributed by atoms with Crippen LogP contribution in [-0.4, -0.2) is 36.4 Å². The molecule has 19 heavy (non-hydrogen) atoms. The first kappa shape index (κ1) is 13.6. The maximum atomic E-state index is 11.7. The molecule has 102 valence electrons. The second-order valence-corrected chi connectivity index (χ2v) is 5.06. The van der Waals surface area contributed by atoms with E-state index in [2.05, 4.69) is 16.4 Å². The maximum absolute atomic E-state index is 11.7. The summed E-state index contributed by atoms with van der Waals surface area (Å²) in [6.45, 7) is 0.903. The summed E-state index contributed by atoms with van der Waals surface area (Å²) in [6, 6.07) is 3.67. The van der Waals surface area contributed by atoms with Gasteiger partial charge < -0.3 is 10.2 Å². The minimum Gasteiger partial charge on any atom is -0.370 e. The normalized spacial score (nSPS) is 14.1. The van der Waals surface area contributed by atoms with Crippen LogP contribution in [0.4, 0.5) is 5.82 Å². The van der Waals surface area contributed by atoms with E-state index < -0.39 is 0 Å². The Hall–Kier alpha value is -1.84. The van der Waals surface area contributed by atoms with Gasteiger partial charge in [0.05, 0.1) is 5.56 Å². The van der Waals surface area contributed by atoms with Gasteiger partial charge in [-0.3, -0.25) is 4.79 Å². The van der Waals surface area contributed by atoms with Crippen LogP contribution in [0.2, 0.25) is 0 Å². The minimum absolute atomic E-state index is 0.0184. The highest BCUT2D eigenvalue weighted by molar-refractivity contribution is 5.93. The van der Waals surface area contributed by atoms with Crippen molar-refractivity contribution in [3.8, 4) is 0 Å². The Labute approximate surface area is 114 Å². The van der Waals surface area contributed by atoms with Gasteiger partial charge in [-0.15, -0.1) is 0 Å². The van der Waals surface area contributed by atoms with E-state index >= 15 is 0 Å². The first-order chi connectivity index (χ1) is 9.16. The molecule has 0 unspecified atom stereocenters. The summed E-state index contributed by atoms with van der Waals surface area (Å²) < 4.78 is 0. The SMILES string of the molecule is CN(C)C(=O)c1ccc(NCCC2=CCCC2)nc1. The smallest absolute Gasteiger partial charge is 0.254 e. The van der Waals surface area contributed by atoms with Crippen LogP contribution in [0.25, 0.3) is 0 Å². The van der Waals surface area contributed by atoms with E-state index in [4.69, 9.17) is 0 Å². The molecule has 1 aliphatic carbocycles. The topological polar surface area (TPSA) is 45.2 Å². The van der Waals surface area contributed by atoms with Crippen molar-refractivity contribution in [3.05, 3.63) is 35.5 Å². The molecule has 4 nitrogen and oxygen atoms in total. The molecular formula is C15H21N3O. The lowest BCUT2D eigenvalue weighted by molar-refractivity contribution is 0.0827. The van der Waals surface area contributed by atoms with Crippen molar-refractivity contribution in [1.29, 1.82) is 0 Å². The average molecular weight is 259 g/mol. The number of hydrogen-bond donors (Lipinski definition) is 1. The molecule has 1 aromatic rings. The largest absolute Gasteiger partial charge is 0.370 e. The second kappa shape index (κ2) is 6.36. The zero-order valence-electron chi connectivity index (χ0n) is 11.6. The van der Waals surface area contributed by atoms with Gasteiger partial charge in [-0.1, -0.05) is 11.6 Å². The highest BCUT2D eigenvalue weighted by Gasteiger charge is 2.08. The minimum atomic E-state index is -0.0184. The molecule has 0 atom stereocenters. The standard InChI is InChI=1S/C15H21N3O/c1-18(2)15(19)13-7-8-14(17-11-13)16-10-9-12-5-3-4-6-12/h5,7-8,11H,3-4,6,9-10H2,1-2H3,(H,16,17). The van der Waals surface area contributed by atoms with E-state index in [0.717, 1.165) is 18.8 Å². The van der Waals surface area contributed by atoms with E-state index in [1.165, 1.54) is 19.3 Å². The van der Waals surface area contributed by atoms with Crippen LogP contribution in [0.15, 0.2) is 30.0 Å². The molecule has 2 rings (SSSR count). The summed E-state index contributed by atoms with van der Waals surface area (Å²) in [5, 5.41) is 3.29. The number of nitrogens with one attached hydrogen (secondary N) is 1. The first-order valence-corrected chi connectivity index (χ1v) is 6.76. The lowest BCUT2D eigenvalue weighted by Gasteiger charge is -2.10. The van der Waals surface area contributed by atoms with Crippen LogP contribution >= 0.6 is 0 Å². The number of anilines is 1. The number of rotatable bonds is 5. The molecule has 0 saturated heterocycles. The molecule has 1 heterocycles. The van der Waals surface area contributed by atoms with Gasteiger partial charge in [0.2, 0.25) is 0 Å². The molecule has 0 bridgehead atoms. The first-order valence-electron chi connectivity index (χ1n) is 6.76. The van der Waals surface area contributed by atoms with Crippen LogP contribution in [-0.2, 0) is 0 Å². The van der Waals surface area contributed by atoms with E-state index in [-0.39, 0.29) is 5.91 Å². The molecule has 0 saturated carbocycles. The Balaban J connectivity index is 1.83. The zero-order valence-corrected chi connectivity index (χ0v) is 11.6. The summed E-state index contributed by atoms with van der Waals surface area (Å²) >= 11 is 0. The van der Waals surface area contributed by atoms with Crippen LogP contribution < -0.4 is 5.32 Å². The third-order valence-electron chi connectivity index (χ3n) is 3.30. The molecule has 0 fully saturated rings. The van der Waals surface area contributed by atoms with Gasteiger partial charge in [0, 0.05) is 26.8 Å². The van der Waals surface area contributed by atoms with Crippen LogP contribution in [0, 0.1) is 0 Å². The molecule has 0 aliphatic heterocycles. The Bertz CT molecular complexity index is 463. The monoisotopic (exact) mass is 259 g/mol. The predicted octanol–water partition coefficient (Wildman–Crippen LogP) is 2.70. The lowest BCUT2D eigenvalue weighted by Crippen LogP contribution is -2.21. The number of nitrogens with zero attached hydrogens (tertiary/aromatic N) is 2. The maximum Gasteiger partial charge on any atom is 0.254 e. The van der Waals surface area contributed by atoms with Gasteiger partial charge in [0.1, 0.15) is 5.82 Å². The Morgan fingerprint density at radius 2 is 2.26 bits per heavy atom. The second-order valence-electron chi connectivity index (χ2n) is 5.06. The van der Waals surface area contributed by atoms with Crippen molar-refractivity contribution in [2.24, 2.45) is 0 Å². The van der Waals surface area contributed by atoms with E-state index in [0.29, 0.717) is 5.56 Å². The summed E-state index contributed by atoms with van der Waals surface area (Å²) in [5.41, 5.74) is 2.17. The van der Waals surface area contributed by atoms with E-state index in [1.54, 1.807) is 30.8 Å². The number of carbonyl (C=O) groups is 1. The van der Waals surface area contributed by atoms with Gasteiger partial charge in [-0.25, -0.2) is 4.98 Å². The van der Waals surface area contributed by atoms with Crippen molar-refractivity contribution >= 4 is 11.7 Å². The van der Waals surface area contributed by atoms with Crippen molar-refractivity contribution in [2.45, 2.75) is 25.7 Å². The van der Waals surface area contributed by atoms with Gasteiger partial charge in [-0.05, 0) is 37.8 Å². The number of amides is 1.